The summed E-state index contributed by atoms with van der Waals surface area (Å²) >= 11 is 2.42. The lowest BCUT2D eigenvalue weighted by Crippen LogP contribution is -2.02. The van der Waals surface area contributed by atoms with Crippen LogP contribution in [0.4, 0.5) is 9.59 Å². The van der Waals surface area contributed by atoms with Crippen LogP contribution in [0.25, 0.3) is 0 Å². The molecular formula is C17H19AlO8. The smallest absolute Gasteiger partial charge is 0.497 e. The van der Waals surface area contributed by atoms with Gasteiger partial charge in [0, 0.05) is 0 Å². The normalized spacial score (nSPS) is 8.58. The Bertz CT molecular complexity index is 596. The van der Waals surface area contributed by atoms with Crippen molar-refractivity contribution in [2.24, 2.45) is 0 Å². The van der Waals surface area contributed by atoms with Gasteiger partial charge in [0.2, 0.25) is 0 Å². The first-order chi connectivity index (χ1) is 12.4. The van der Waals surface area contributed by atoms with Gasteiger partial charge in [-0.15, -0.1) is 5.79 Å². The highest BCUT2D eigenvalue weighted by Crippen LogP contribution is 2.17. The molecule has 0 aliphatic heterocycles. The molecule has 0 aliphatic carbocycles. The highest BCUT2D eigenvalue weighted by molar-refractivity contribution is 6.05. The zero-order valence-electron chi connectivity index (χ0n) is 14.5. The van der Waals surface area contributed by atoms with Crippen LogP contribution in [0.2, 0.25) is 5.79 Å². The van der Waals surface area contributed by atoms with E-state index in [0.29, 0.717) is 11.5 Å². The fraction of sp³-hybridized carbons (Fsp3) is 0.176. The summed E-state index contributed by atoms with van der Waals surface area (Å²) in [6.07, 6.45) is -2.64. The number of hydrogen-bond donors (Lipinski definition) is 2. The van der Waals surface area contributed by atoms with Crippen LogP contribution in [0.5, 0.6) is 23.0 Å². The van der Waals surface area contributed by atoms with Crippen molar-refractivity contribution in [1.82, 2.24) is 0 Å². The maximum Gasteiger partial charge on any atom is 0.511 e. The molecule has 0 aliphatic rings. The molecule has 0 amide bonds. The van der Waals surface area contributed by atoms with Gasteiger partial charge >= 0.3 is 12.3 Å². The topological polar surface area (TPSA) is 112 Å². The molecular weight excluding hydrogens is 359 g/mol. The van der Waals surface area contributed by atoms with Crippen LogP contribution in [-0.4, -0.2) is 53.0 Å². The van der Waals surface area contributed by atoms with Crippen LogP contribution in [-0.2, 0) is 0 Å². The minimum absolute atomic E-state index is 0.281. The van der Waals surface area contributed by atoms with Crippen molar-refractivity contribution in [1.29, 1.82) is 0 Å². The van der Waals surface area contributed by atoms with Crippen molar-refractivity contribution in [3.63, 3.8) is 0 Å². The van der Waals surface area contributed by atoms with E-state index in [9.17, 15) is 9.59 Å². The minimum Gasteiger partial charge on any atom is -0.497 e. The van der Waals surface area contributed by atoms with E-state index < -0.39 is 12.3 Å². The van der Waals surface area contributed by atoms with Crippen molar-refractivity contribution >= 4 is 28.6 Å². The third kappa shape index (κ3) is 10.1. The number of hydrogen-bond acceptors (Lipinski definition) is 6. The molecule has 2 aromatic rings. The first-order valence-corrected chi connectivity index (χ1v) is 8.27. The fourth-order valence-corrected chi connectivity index (χ4v) is 1.49. The van der Waals surface area contributed by atoms with E-state index in [1.807, 2.05) is 5.79 Å². The molecule has 9 heteroatoms. The molecule has 0 aromatic heterocycles. The van der Waals surface area contributed by atoms with Crippen molar-refractivity contribution in [3.8, 4) is 23.0 Å². The first kappa shape index (κ1) is 23.1. The lowest BCUT2D eigenvalue weighted by atomic mass is 10.3. The fourth-order valence-electron chi connectivity index (χ4n) is 1.49. The monoisotopic (exact) mass is 378 g/mol. The van der Waals surface area contributed by atoms with Gasteiger partial charge in [-0.05, 0) is 48.5 Å². The van der Waals surface area contributed by atoms with Crippen LogP contribution in [0.1, 0.15) is 0 Å². The highest BCUT2D eigenvalue weighted by atomic mass is 27.0. The molecule has 0 heterocycles. The molecule has 0 spiro atoms. The summed E-state index contributed by atoms with van der Waals surface area (Å²) in [5, 5.41) is 16.5. The Labute approximate surface area is 159 Å². The Morgan fingerprint density at radius 1 is 0.654 bits per heavy atom. The second-order valence-corrected chi connectivity index (χ2v) is 4.09. The van der Waals surface area contributed by atoms with E-state index in [1.165, 1.54) is 38.5 Å². The van der Waals surface area contributed by atoms with Gasteiger partial charge in [-0.1, -0.05) is 0 Å². The molecule has 0 unspecified atom stereocenters. The van der Waals surface area contributed by atoms with Gasteiger partial charge in [0.1, 0.15) is 39.3 Å². The number of benzene rings is 2. The number of ether oxygens (including phenoxy) is 4. The van der Waals surface area contributed by atoms with Crippen molar-refractivity contribution in [2.45, 2.75) is 5.79 Å². The molecule has 138 valence electrons. The summed E-state index contributed by atoms with van der Waals surface area (Å²) in [4.78, 5) is 20.1. The van der Waals surface area contributed by atoms with Gasteiger partial charge < -0.3 is 29.2 Å². The van der Waals surface area contributed by atoms with Crippen LogP contribution in [0.15, 0.2) is 48.5 Å². The number of carbonyl (C=O) groups is 2. The lowest BCUT2D eigenvalue weighted by molar-refractivity contribution is 0.143. The molecule has 2 aromatic carbocycles. The summed E-state index contributed by atoms with van der Waals surface area (Å²) in [7, 11) is 3.07. The standard InChI is InChI=1S/2C8H8O4.CH3.Al/c2*1-11-6-2-4-7(5-3-6)12-8(9)10;;/h2*2-5H,1H3,(H,9,10);1H3;. The molecule has 26 heavy (non-hydrogen) atoms. The Hall–Kier alpha value is -2.89. The predicted molar refractivity (Wildman–Crippen MR) is 94.9 cm³/mol. The van der Waals surface area contributed by atoms with Gasteiger partial charge in [0.05, 0.1) is 14.2 Å². The second-order valence-electron chi connectivity index (χ2n) is 4.09. The van der Waals surface area contributed by atoms with Gasteiger partial charge in [0.25, 0.3) is 0 Å². The average Bonchev–Trinajstić information content (AvgIpc) is 2.64. The predicted octanol–water partition coefficient (Wildman–Crippen LogP) is 3.71. The molecule has 0 bridgehead atoms. The number of carboxylic acid groups (broad SMARTS) is 2. The first-order valence-electron chi connectivity index (χ1n) is 7.12. The summed E-state index contributed by atoms with van der Waals surface area (Å²) in [6, 6.07) is 12.6. The maximum atomic E-state index is 10.1. The van der Waals surface area contributed by atoms with E-state index in [0.717, 1.165) is 0 Å². The Morgan fingerprint density at radius 2 is 0.885 bits per heavy atom. The van der Waals surface area contributed by atoms with Gasteiger partial charge in [-0.2, -0.15) is 0 Å². The molecule has 2 radical (unpaired) electrons. The van der Waals surface area contributed by atoms with Crippen molar-refractivity contribution < 1.29 is 38.7 Å². The molecule has 2 rings (SSSR count). The average molecular weight is 378 g/mol. The van der Waals surface area contributed by atoms with Gasteiger partial charge in [-0.3, -0.25) is 0 Å². The quantitative estimate of drug-likeness (QED) is 0.470. The van der Waals surface area contributed by atoms with Crippen molar-refractivity contribution in [2.75, 3.05) is 14.2 Å². The maximum absolute atomic E-state index is 10.1. The lowest BCUT2D eigenvalue weighted by Gasteiger charge is -2.00. The number of methoxy groups -OCH3 is 2. The zero-order chi connectivity index (χ0) is 19.9. The zero-order valence-corrected chi connectivity index (χ0v) is 15.7. The van der Waals surface area contributed by atoms with Crippen LogP contribution in [0.3, 0.4) is 0 Å². The van der Waals surface area contributed by atoms with Gasteiger partial charge in [-0.25, -0.2) is 9.59 Å². The highest BCUT2D eigenvalue weighted by Gasteiger charge is 2.00. The van der Waals surface area contributed by atoms with E-state index in [-0.39, 0.29) is 11.5 Å². The van der Waals surface area contributed by atoms with Crippen LogP contribution >= 0.6 is 0 Å². The molecule has 0 fully saturated rings. The van der Waals surface area contributed by atoms with E-state index in [1.54, 1.807) is 24.3 Å². The second kappa shape index (κ2) is 13.4. The molecule has 0 atom stereocenters. The van der Waals surface area contributed by atoms with Crippen LogP contribution < -0.4 is 18.9 Å². The summed E-state index contributed by atoms with van der Waals surface area (Å²) < 4.78 is 18.5. The third-order valence-corrected chi connectivity index (χ3v) is 2.53. The SMILES string of the molecule is COc1ccc(OC(=O)O)cc1.COc1ccc(OC(=O)O)cc1.[CH3][Al]. The summed E-state index contributed by atoms with van der Waals surface area (Å²) in [5.74, 6) is 3.80. The summed E-state index contributed by atoms with van der Waals surface area (Å²) in [6.45, 7) is 0. The number of rotatable bonds is 4. The van der Waals surface area contributed by atoms with Crippen molar-refractivity contribution in [3.05, 3.63) is 48.5 Å². The third-order valence-electron chi connectivity index (χ3n) is 2.53. The van der Waals surface area contributed by atoms with Crippen LogP contribution in [0, 0.1) is 0 Å². The summed E-state index contributed by atoms with van der Waals surface area (Å²) in [5.41, 5.74) is 0. The Kier molecular flexibility index (Phi) is 11.9. The Balaban J connectivity index is 0.000000439. The minimum atomic E-state index is -1.32. The van der Waals surface area contributed by atoms with E-state index in [2.05, 4.69) is 25.8 Å². The Morgan fingerprint density at radius 3 is 1.08 bits per heavy atom. The van der Waals surface area contributed by atoms with E-state index >= 15 is 0 Å². The molecule has 8 nitrogen and oxygen atoms in total. The molecule has 0 saturated carbocycles. The van der Waals surface area contributed by atoms with Gasteiger partial charge in [0.15, 0.2) is 0 Å². The molecule has 0 saturated heterocycles. The molecule has 2 N–H and O–H groups in total. The largest absolute Gasteiger partial charge is 0.511 e. The van der Waals surface area contributed by atoms with E-state index in [4.69, 9.17) is 19.7 Å².